The average molecular weight is 365 g/mol. The normalized spacial score (nSPS) is 12.1. The molecule has 8 heteroatoms. The fourth-order valence-corrected chi connectivity index (χ4v) is 2.72. The van der Waals surface area contributed by atoms with Crippen molar-refractivity contribution in [2.75, 3.05) is 12.4 Å². The highest BCUT2D eigenvalue weighted by atomic mass is 19.1. The quantitative estimate of drug-likeness (QED) is 0.502. The Hall–Kier alpha value is -3.52. The Labute approximate surface area is 153 Å². The molecule has 0 aliphatic carbocycles. The van der Waals surface area contributed by atoms with E-state index in [1.54, 1.807) is 31.5 Å². The van der Waals surface area contributed by atoms with E-state index < -0.39 is 6.10 Å². The molecule has 2 heterocycles. The standard InChI is InChI=1S/C19H16FN5O2/c1-27-13-6-7-14-15(10-13)22-19(17(26)11-2-4-12(20)5-3-11)24-18(14)23-16-8-9-21-25-16/h2-10,17,26H,1H3,(H2,21,22,23,24,25)/t17-/m0/s1. The van der Waals surface area contributed by atoms with Crippen molar-refractivity contribution in [2.24, 2.45) is 0 Å². The zero-order valence-electron chi connectivity index (χ0n) is 14.3. The van der Waals surface area contributed by atoms with Crippen LogP contribution in [0.1, 0.15) is 17.5 Å². The maximum atomic E-state index is 13.2. The number of fused-ring (bicyclic) bond motifs is 1. The first-order valence-corrected chi connectivity index (χ1v) is 8.20. The number of nitrogens with zero attached hydrogens (tertiary/aromatic N) is 3. The predicted octanol–water partition coefficient (Wildman–Crippen LogP) is 3.33. The van der Waals surface area contributed by atoms with Crippen LogP contribution in [0.4, 0.5) is 16.0 Å². The van der Waals surface area contributed by atoms with E-state index in [1.807, 2.05) is 6.07 Å². The van der Waals surface area contributed by atoms with Gasteiger partial charge in [-0.25, -0.2) is 14.4 Å². The van der Waals surface area contributed by atoms with Gasteiger partial charge in [-0.3, -0.25) is 5.10 Å². The smallest absolute Gasteiger partial charge is 0.164 e. The van der Waals surface area contributed by atoms with Gasteiger partial charge >= 0.3 is 0 Å². The van der Waals surface area contributed by atoms with Crippen molar-refractivity contribution in [2.45, 2.75) is 6.10 Å². The molecule has 4 rings (SSSR count). The number of methoxy groups -OCH3 is 1. The summed E-state index contributed by atoms with van der Waals surface area (Å²) in [6, 6.07) is 12.7. The van der Waals surface area contributed by atoms with Gasteiger partial charge in [0.15, 0.2) is 11.6 Å². The lowest BCUT2D eigenvalue weighted by Gasteiger charge is -2.14. The number of aliphatic hydroxyl groups is 1. The summed E-state index contributed by atoms with van der Waals surface area (Å²) in [6.07, 6.45) is 0.573. The van der Waals surface area contributed by atoms with Crippen LogP contribution in [-0.2, 0) is 0 Å². The molecule has 0 saturated heterocycles. The molecule has 0 fully saturated rings. The molecule has 0 aliphatic rings. The van der Waals surface area contributed by atoms with Gasteiger partial charge in [0, 0.05) is 23.7 Å². The van der Waals surface area contributed by atoms with Crippen molar-refractivity contribution < 1.29 is 14.2 Å². The lowest BCUT2D eigenvalue weighted by Crippen LogP contribution is -2.08. The molecule has 0 spiro atoms. The molecular weight excluding hydrogens is 349 g/mol. The predicted molar refractivity (Wildman–Crippen MR) is 98.4 cm³/mol. The molecule has 0 saturated carbocycles. The number of halogens is 1. The second-order valence-electron chi connectivity index (χ2n) is 5.85. The third-order valence-corrected chi connectivity index (χ3v) is 4.10. The topological polar surface area (TPSA) is 96.0 Å². The maximum absolute atomic E-state index is 13.2. The van der Waals surface area contributed by atoms with Crippen molar-refractivity contribution >= 4 is 22.5 Å². The first-order chi connectivity index (χ1) is 13.1. The Morgan fingerprint density at radius 2 is 1.93 bits per heavy atom. The van der Waals surface area contributed by atoms with Gasteiger partial charge in [-0.1, -0.05) is 12.1 Å². The van der Waals surface area contributed by atoms with Crippen molar-refractivity contribution in [3.05, 3.63) is 71.9 Å². The molecular formula is C19H16FN5O2. The van der Waals surface area contributed by atoms with Crippen LogP contribution < -0.4 is 10.1 Å². The summed E-state index contributed by atoms with van der Waals surface area (Å²) in [5, 5.41) is 21.3. The number of benzene rings is 2. The fraction of sp³-hybridized carbons (Fsp3) is 0.105. The Bertz CT molecular complexity index is 1070. The van der Waals surface area contributed by atoms with E-state index in [4.69, 9.17) is 4.74 Å². The third-order valence-electron chi connectivity index (χ3n) is 4.10. The molecule has 2 aromatic carbocycles. The van der Waals surface area contributed by atoms with Gasteiger partial charge in [-0.2, -0.15) is 5.10 Å². The Balaban J connectivity index is 1.83. The molecule has 27 heavy (non-hydrogen) atoms. The van der Waals surface area contributed by atoms with Crippen molar-refractivity contribution in [3.63, 3.8) is 0 Å². The number of anilines is 2. The Morgan fingerprint density at radius 1 is 1.11 bits per heavy atom. The average Bonchev–Trinajstić information content (AvgIpc) is 3.20. The number of aromatic nitrogens is 4. The number of hydrogen-bond donors (Lipinski definition) is 3. The van der Waals surface area contributed by atoms with Crippen LogP contribution in [0.15, 0.2) is 54.7 Å². The number of aromatic amines is 1. The van der Waals surface area contributed by atoms with E-state index in [9.17, 15) is 9.50 Å². The summed E-state index contributed by atoms with van der Waals surface area (Å²) < 4.78 is 18.4. The molecule has 2 aromatic heterocycles. The second kappa shape index (κ2) is 7.00. The van der Waals surface area contributed by atoms with Gasteiger partial charge in [0.1, 0.15) is 23.5 Å². The number of H-pyrrole nitrogens is 1. The van der Waals surface area contributed by atoms with Crippen LogP contribution in [-0.4, -0.2) is 32.4 Å². The van der Waals surface area contributed by atoms with Crippen LogP contribution in [0.25, 0.3) is 10.9 Å². The maximum Gasteiger partial charge on any atom is 0.164 e. The number of aliphatic hydroxyl groups excluding tert-OH is 1. The fourth-order valence-electron chi connectivity index (χ4n) is 2.72. The minimum absolute atomic E-state index is 0.181. The minimum atomic E-state index is -1.11. The Morgan fingerprint density at radius 3 is 2.63 bits per heavy atom. The second-order valence-corrected chi connectivity index (χ2v) is 5.85. The molecule has 0 radical (unpaired) electrons. The highest BCUT2D eigenvalue weighted by Crippen LogP contribution is 2.29. The molecule has 0 aliphatic heterocycles. The van der Waals surface area contributed by atoms with E-state index in [1.165, 1.54) is 24.3 Å². The third kappa shape index (κ3) is 3.42. The zero-order valence-corrected chi connectivity index (χ0v) is 14.3. The molecule has 0 bridgehead atoms. The van der Waals surface area contributed by atoms with E-state index in [2.05, 4.69) is 25.5 Å². The molecule has 7 nitrogen and oxygen atoms in total. The first-order valence-electron chi connectivity index (χ1n) is 8.20. The van der Waals surface area contributed by atoms with Crippen molar-refractivity contribution in [1.82, 2.24) is 20.2 Å². The number of hydrogen-bond acceptors (Lipinski definition) is 6. The van der Waals surface area contributed by atoms with E-state index in [0.29, 0.717) is 28.5 Å². The van der Waals surface area contributed by atoms with E-state index in [-0.39, 0.29) is 11.6 Å². The SMILES string of the molecule is COc1ccc2c(Nc3cc[nH]n3)nc([C@@H](O)c3ccc(F)cc3)nc2c1. The van der Waals surface area contributed by atoms with Crippen LogP contribution >= 0.6 is 0 Å². The van der Waals surface area contributed by atoms with Gasteiger partial charge in [0.2, 0.25) is 0 Å². The van der Waals surface area contributed by atoms with Crippen molar-refractivity contribution in [3.8, 4) is 5.75 Å². The number of rotatable bonds is 5. The van der Waals surface area contributed by atoms with Gasteiger partial charge in [0.25, 0.3) is 0 Å². The number of nitrogens with one attached hydrogen (secondary N) is 2. The van der Waals surface area contributed by atoms with Crippen LogP contribution in [0.2, 0.25) is 0 Å². The Kier molecular flexibility index (Phi) is 4.39. The van der Waals surface area contributed by atoms with Crippen LogP contribution in [0.5, 0.6) is 5.75 Å². The lowest BCUT2D eigenvalue weighted by molar-refractivity contribution is 0.210. The van der Waals surface area contributed by atoms with Crippen LogP contribution in [0, 0.1) is 5.82 Å². The monoisotopic (exact) mass is 365 g/mol. The molecule has 1 atom stereocenters. The summed E-state index contributed by atoms with van der Waals surface area (Å²) in [6.45, 7) is 0. The molecule has 4 aromatic rings. The number of ether oxygens (including phenoxy) is 1. The van der Waals surface area contributed by atoms with Gasteiger partial charge < -0.3 is 15.2 Å². The van der Waals surface area contributed by atoms with Crippen LogP contribution in [0.3, 0.4) is 0 Å². The highest BCUT2D eigenvalue weighted by molar-refractivity contribution is 5.91. The largest absolute Gasteiger partial charge is 0.497 e. The summed E-state index contributed by atoms with van der Waals surface area (Å²) in [4.78, 5) is 8.94. The summed E-state index contributed by atoms with van der Waals surface area (Å²) in [7, 11) is 1.57. The van der Waals surface area contributed by atoms with E-state index >= 15 is 0 Å². The van der Waals surface area contributed by atoms with Gasteiger partial charge in [-0.15, -0.1) is 0 Å². The highest BCUT2D eigenvalue weighted by Gasteiger charge is 2.18. The summed E-state index contributed by atoms with van der Waals surface area (Å²) in [5.74, 6) is 1.50. The van der Waals surface area contributed by atoms with Gasteiger partial charge in [0.05, 0.1) is 12.6 Å². The van der Waals surface area contributed by atoms with Gasteiger partial charge in [-0.05, 0) is 29.8 Å². The minimum Gasteiger partial charge on any atom is -0.497 e. The molecule has 136 valence electrons. The van der Waals surface area contributed by atoms with E-state index in [0.717, 1.165) is 5.39 Å². The molecule has 0 amide bonds. The summed E-state index contributed by atoms with van der Waals surface area (Å²) in [5.41, 5.74) is 1.09. The molecule has 3 N–H and O–H groups in total. The summed E-state index contributed by atoms with van der Waals surface area (Å²) >= 11 is 0. The van der Waals surface area contributed by atoms with Crippen molar-refractivity contribution in [1.29, 1.82) is 0 Å². The zero-order chi connectivity index (χ0) is 18.8. The lowest BCUT2D eigenvalue weighted by atomic mass is 10.1. The first kappa shape index (κ1) is 16.9. The molecule has 0 unspecified atom stereocenters.